The molecule has 2 aliphatic heterocycles. The summed E-state index contributed by atoms with van der Waals surface area (Å²) in [7, 11) is 0. The van der Waals surface area contributed by atoms with Crippen LogP contribution in [-0.2, 0) is 0 Å². The first-order valence-corrected chi connectivity index (χ1v) is 16.9. The second-order valence-electron chi connectivity index (χ2n) is 15.7. The van der Waals surface area contributed by atoms with Crippen molar-refractivity contribution in [2.45, 2.75) is 122 Å². The molecule has 40 heavy (non-hydrogen) atoms. The van der Waals surface area contributed by atoms with Gasteiger partial charge in [0.05, 0.1) is 22.7 Å². The molecule has 1 spiro atoms. The Kier molecular flexibility index (Phi) is 6.38. The summed E-state index contributed by atoms with van der Waals surface area (Å²) in [5.41, 5.74) is 1.46. The molecule has 4 nitrogen and oxygen atoms in total. The number of alkyl halides is 1. The van der Waals surface area contributed by atoms with E-state index in [2.05, 4.69) is 39.6 Å². The predicted octanol–water partition coefficient (Wildman–Crippen LogP) is 8.34. The van der Waals surface area contributed by atoms with Crippen LogP contribution in [0.3, 0.4) is 0 Å². The quantitative estimate of drug-likeness (QED) is 0.198. The molecular formula is C35H49ClN2O2. The molecule has 6 aliphatic rings. The van der Waals surface area contributed by atoms with Crippen molar-refractivity contribution in [2.75, 3.05) is 0 Å². The van der Waals surface area contributed by atoms with Gasteiger partial charge in [-0.25, -0.2) is 5.01 Å². The molecule has 2 heterocycles. The van der Waals surface area contributed by atoms with Gasteiger partial charge in [0, 0.05) is 5.38 Å². The van der Waals surface area contributed by atoms with Gasteiger partial charge in [0.15, 0.2) is 0 Å². The molecular weight excluding hydrogens is 516 g/mol. The lowest BCUT2D eigenvalue weighted by molar-refractivity contribution is -0.0994. The van der Waals surface area contributed by atoms with Gasteiger partial charge in [0.2, 0.25) is 0 Å². The summed E-state index contributed by atoms with van der Waals surface area (Å²) < 4.78 is 0. The maximum Gasteiger partial charge on any atom is 0.276 e. The third kappa shape index (κ3) is 3.53. The molecule has 1 unspecified atom stereocenters. The maximum absolute atomic E-state index is 13.7. The molecule has 5 fully saturated rings. The van der Waals surface area contributed by atoms with Crippen molar-refractivity contribution in [3.8, 4) is 0 Å². The number of fused-ring (bicyclic) bond motifs is 5. The van der Waals surface area contributed by atoms with Crippen LogP contribution in [0.4, 0.5) is 0 Å². The summed E-state index contributed by atoms with van der Waals surface area (Å²) in [6.45, 7) is 12.4. The molecule has 7 rings (SSSR count). The summed E-state index contributed by atoms with van der Waals surface area (Å²) in [5, 5.41) is 3.96. The van der Waals surface area contributed by atoms with Crippen LogP contribution in [0.25, 0.3) is 0 Å². The van der Waals surface area contributed by atoms with Crippen LogP contribution >= 0.6 is 11.6 Å². The molecule has 0 aromatic heterocycles. The van der Waals surface area contributed by atoms with Crippen molar-refractivity contribution in [2.24, 2.45) is 46.3 Å². The number of amides is 2. The average molecular weight is 565 g/mol. The lowest BCUT2D eigenvalue weighted by Crippen LogP contribution is -2.59. The summed E-state index contributed by atoms with van der Waals surface area (Å²) in [6.07, 6.45) is 13.6. The van der Waals surface area contributed by atoms with E-state index in [1.165, 1.54) is 44.9 Å². The molecule has 5 heteroatoms. The molecule has 0 N–H and O–H groups in total. The summed E-state index contributed by atoms with van der Waals surface area (Å²) in [5.74, 6) is 4.26. The van der Waals surface area contributed by atoms with E-state index in [9.17, 15) is 9.59 Å². The molecule has 1 aromatic carbocycles. The molecule has 4 saturated carbocycles. The normalized spacial score (nSPS) is 46.0. The van der Waals surface area contributed by atoms with Gasteiger partial charge in [-0.1, -0.05) is 66.0 Å². The first kappa shape index (κ1) is 27.4. The Morgan fingerprint density at radius 1 is 0.925 bits per heavy atom. The van der Waals surface area contributed by atoms with Crippen molar-refractivity contribution < 1.29 is 9.59 Å². The Balaban J connectivity index is 1.19. The van der Waals surface area contributed by atoms with Crippen LogP contribution in [0.2, 0.25) is 0 Å². The minimum absolute atomic E-state index is 0.0869. The van der Waals surface area contributed by atoms with E-state index in [0.717, 1.165) is 49.4 Å². The van der Waals surface area contributed by atoms with Gasteiger partial charge in [0.1, 0.15) is 0 Å². The Hall–Kier alpha value is -1.39. The summed E-state index contributed by atoms with van der Waals surface area (Å²) in [4.78, 5) is 27.4. The van der Waals surface area contributed by atoms with E-state index in [1.54, 1.807) is 5.01 Å². The molecule has 0 bridgehead atoms. The van der Waals surface area contributed by atoms with Gasteiger partial charge < -0.3 is 0 Å². The van der Waals surface area contributed by atoms with E-state index in [0.29, 0.717) is 28.4 Å². The molecule has 1 saturated heterocycles. The monoisotopic (exact) mass is 564 g/mol. The van der Waals surface area contributed by atoms with Gasteiger partial charge in [-0.05, 0) is 110 Å². The number of hydrogen-bond acceptors (Lipinski definition) is 3. The third-order valence-electron chi connectivity index (χ3n) is 13.6. The number of hydrogen-bond donors (Lipinski definition) is 0. The highest BCUT2D eigenvalue weighted by molar-refractivity contribution is 6.21. The minimum Gasteiger partial charge on any atom is -0.267 e. The highest BCUT2D eigenvalue weighted by atomic mass is 35.5. The van der Waals surface area contributed by atoms with Crippen LogP contribution in [0, 0.1) is 46.3 Å². The van der Waals surface area contributed by atoms with Crippen LogP contribution < -0.4 is 0 Å². The van der Waals surface area contributed by atoms with Gasteiger partial charge in [-0.2, -0.15) is 5.01 Å². The zero-order valence-electron chi connectivity index (χ0n) is 25.3. The fourth-order valence-corrected chi connectivity index (χ4v) is 12.1. The zero-order chi connectivity index (χ0) is 28.2. The van der Waals surface area contributed by atoms with E-state index in [-0.39, 0.29) is 34.2 Å². The first-order valence-electron chi connectivity index (χ1n) is 16.5. The molecule has 0 radical (unpaired) electrons. The van der Waals surface area contributed by atoms with E-state index in [1.807, 2.05) is 24.3 Å². The largest absolute Gasteiger partial charge is 0.276 e. The summed E-state index contributed by atoms with van der Waals surface area (Å²) in [6, 6.07) is 7.62. The number of nitrogens with zero attached hydrogens (tertiary/aromatic N) is 2. The van der Waals surface area contributed by atoms with Crippen LogP contribution in [-0.4, -0.2) is 38.8 Å². The van der Waals surface area contributed by atoms with E-state index in [4.69, 9.17) is 11.6 Å². The van der Waals surface area contributed by atoms with Crippen LogP contribution in [0.15, 0.2) is 24.3 Å². The number of rotatable bonds is 6. The first-order chi connectivity index (χ1) is 19.0. The average Bonchev–Trinajstić information content (AvgIpc) is 3.24. The SMILES string of the molecule is CC(C)CCC[C@@H](C)[C@H]1CC[C@H]2[C@@H]3C[C@@H]4N(N5C(=O)c6ccccc6C5=O)[C@@]45C[C@@H](Cl)CC[C@]5(C)[C@H]3CC[C@]12C. The molecule has 218 valence electrons. The Morgan fingerprint density at radius 2 is 1.62 bits per heavy atom. The smallest absolute Gasteiger partial charge is 0.267 e. The van der Waals surface area contributed by atoms with Crippen LogP contribution in [0.1, 0.15) is 126 Å². The highest BCUT2D eigenvalue weighted by Gasteiger charge is 2.81. The number of carbonyl (C=O) groups excluding carboxylic acids is 2. The predicted molar refractivity (Wildman–Crippen MR) is 160 cm³/mol. The van der Waals surface area contributed by atoms with E-state index >= 15 is 0 Å². The standard InChI is InChI=1S/C35H49ClN2O2/c1-21(2)9-8-10-22(3)27-13-14-28-26-19-30-35(38(30)37-31(39)24-11-6-7-12-25(24)32(37)40)20-23(36)15-18-34(35,5)29(26)16-17-33(27,28)4/h6-7,11-12,21-23,26-30H,8-10,13-20H2,1-5H3/t22-,23+,26+,27-,28+,29+,30+,33-,34-,35+,38?/m1/s1. The second-order valence-corrected chi connectivity index (χ2v) is 16.3. The minimum atomic E-state index is -0.165. The second kappa shape index (κ2) is 9.30. The Bertz CT molecular complexity index is 1180. The molecule has 2 amide bonds. The van der Waals surface area contributed by atoms with Crippen molar-refractivity contribution in [1.29, 1.82) is 0 Å². The number of benzene rings is 1. The fraction of sp³-hybridized carbons (Fsp3) is 0.771. The van der Waals surface area contributed by atoms with Crippen molar-refractivity contribution in [3.05, 3.63) is 35.4 Å². The molecule has 4 aliphatic carbocycles. The number of carbonyl (C=O) groups is 2. The lowest BCUT2D eigenvalue weighted by Gasteiger charge is -2.60. The number of imide groups is 1. The Labute approximate surface area is 246 Å². The highest BCUT2D eigenvalue weighted by Crippen LogP contribution is 2.76. The zero-order valence-corrected chi connectivity index (χ0v) is 26.1. The van der Waals surface area contributed by atoms with E-state index < -0.39 is 0 Å². The lowest BCUT2D eigenvalue weighted by atomic mass is 9.44. The number of halogens is 1. The fourth-order valence-electron chi connectivity index (χ4n) is 11.8. The van der Waals surface area contributed by atoms with Crippen molar-refractivity contribution in [1.82, 2.24) is 10.0 Å². The number of hydrazine groups is 1. The van der Waals surface area contributed by atoms with Gasteiger partial charge in [-0.3, -0.25) is 9.59 Å². The van der Waals surface area contributed by atoms with Crippen molar-refractivity contribution in [3.63, 3.8) is 0 Å². The molecule has 11 atom stereocenters. The van der Waals surface area contributed by atoms with Gasteiger partial charge in [-0.15, -0.1) is 11.6 Å². The van der Waals surface area contributed by atoms with Gasteiger partial charge in [0.25, 0.3) is 11.8 Å². The Morgan fingerprint density at radius 3 is 2.30 bits per heavy atom. The van der Waals surface area contributed by atoms with Gasteiger partial charge >= 0.3 is 0 Å². The van der Waals surface area contributed by atoms with Crippen LogP contribution in [0.5, 0.6) is 0 Å². The summed E-state index contributed by atoms with van der Waals surface area (Å²) >= 11 is 6.94. The van der Waals surface area contributed by atoms with Crippen molar-refractivity contribution >= 4 is 23.4 Å². The maximum atomic E-state index is 13.7. The molecule has 1 aromatic rings. The third-order valence-corrected chi connectivity index (χ3v) is 14.0. The topological polar surface area (TPSA) is 40.4 Å².